The molecule has 2 unspecified atom stereocenters. The predicted molar refractivity (Wildman–Crippen MR) is 106 cm³/mol. The number of hydrogen-bond acceptors (Lipinski definition) is 4. The topological polar surface area (TPSA) is 63.7 Å². The first-order valence-electron chi connectivity index (χ1n) is 9.11. The number of rotatable bonds is 3. The predicted octanol–water partition coefficient (Wildman–Crippen LogP) is 4.89. The van der Waals surface area contributed by atoms with Crippen molar-refractivity contribution in [2.24, 2.45) is 11.8 Å². The van der Waals surface area contributed by atoms with E-state index in [9.17, 15) is 14.4 Å². The number of ether oxygens (including phenoxy) is 1. The number of carbonyl (C=O) groups excluding carboxylic acids is 3. The Morgan fingerprint density at radius 1 is 0.964 bits per heavy atom. The third-order valence-corrected chi connectivity index (χ3v) is 5.85. The summed E-state index contributed by atoms with van der Waals surface area (Å²) in [6.45, 7) is 0. The van der Waals surface area contributed by atoms with Crippen molar-refractivity contribution in [1.82, 2.24) is 0 Å². The second-order valence-corrected chi connectivity index (χ2v) is 7.83. The van der Waals surface area contributed by atoms with Gasteiger partial charge in [-0.05, 0) is 43.2 Å². The number of halogens is 2. The summed E-state index contributed by atoms with van der Waals surface area (Å²) in [7, 11) is 0. The number of anilines is 1. The molecule has 1 aliphatic heterocycles. The van der Waals surface area contributed by atoms with Crippen LogP contribution in [0.15, 0.2) is 42.5 Å². The first-order chi connectivity index (χ1) is 13.5. The molecule has 2 atom stereocenters. The van der Waals surface area contributed by atoms with E-state index in [0.29, 0.717) is 17.9 Å². The maximum Gasteiger partial charge on any atom is 0.345 e. The van der Waals surface area contributed by atoms with Gasteiger partial charge in [-0.3, -0.25) is 9.59 Å². The van der Waals surface area contributed by atoms with Gasteiger partial charge in [-0.2, -0.15) is 0 Å². The Kier molecular flexibility index (Phi) is 5.13. The number of fused-ring (bicyclic) bond motifs is 1. The SMILES string of the molecule is O=C(Oc1ccccc1N1C(=O)C2CCCCC2C1=O)c1ccc(Cl)cc1Cl. The van der Waals surface area contributed by atoms with Crippen molar-refractivity contribution in [1.29, 1.82) is 0 Å². The summed E-state index contributed by atoms with van der Waals surface area (Å²) >= 11 is 11.9. The Balaban J connectivity index is 1.65. The summed E-state index contributed by atoms with van der Waals surface area (Å²) in [6.07, 6.45) is 3.32. The van der Waals surface area contributed by atoms with Crippen LogP contribution in [0.3, 0.4) is 0 Å². The monoisotopic (exact) mass is 417 g/mol. The molecule has 4 rings (SSSR count). The van der Waals surface area contributed by atoms with Crippen molar-refractivity contribution >= 4 is 46.7 Å². The van der Waals surface area contributed by atoms with Gasteiger partial charge in [0.2, 0.25) is 11.8 Å². The maximum absolute atomic E-state index is 12.9. The lowest BCUT2D eigenvalue weighted by molar-refractivity contribution is -0.122. The number of nitrogens with zero attached hydrogens (tertiary/aromatic N) is 1. The quantitative estimate of drug-likeness (QED) is 0.405. The van der Waals surface area contributed by atoms with Crippen LogP contribution >= 0.6 is 23.2 Å². The Labute approximate surface area is 172 Å². The largest absolute Gasteiger partial charge is 0.421 e. The first kappa shape index (κ1) is 19.0. The zero-order valence-corrected chi connectivity index (χ0v) is 16.4. The molecule has 1 heterocycles. The van der Waals surface area contributed by atoms with Crippen LogP contribution in [0.1, 0.15) is 36.0 Å². The van der Waals surface area contributed by atoms with Crippen LogP contribution in [-0.2, 0) is 9.59 Å². The lowest BCUT2D eigenvalue weighted by Gasteiger charge is -2.19. The van der Waals surface area contributed by atoms with E-state index < -0.39 is 5.97 Å². The molecule has 144 valence electrons. The molecular formula is C21H17Cl2NO4. The summed E-state index contributed by atoms with van der Waals surface area (Å²) in [5.74, 6) is -1.55. The fourth-order valence-corrected chi connectivity index (χ4v) is 4.42. The molecule has 2 fully saturated rings. The van der Waals surface area contributed by atoms with Crippen LogP contribution < -0.4 is 9.64 Å². The highest BCUT2D eigenvalue weighted by molar-refractivity contribution is 6.36. The minimum atomic E-state index is -0.689. The van der Waals surface area contributed by atoms with E-state index in [2.05, 4.69) is 0 Å². The average Bonchev–Trinajstić information content (AvgIpc) is 2.93. The van der Waals surface area contributed by atoms with Gasteiger partial charge in [0, 0.05) is 5.02 Å². The Morgan fingerprint density at radius 2 is 1.61 bits per heavy atom. The van der Waals surface area contributed by atoms with Crippen LogP contribution in [0.2, 0.25) is 10.0 Å². The number of carbonyl (C=O) groups is 3. The van der Waals surface area contributed by atoms with E-state index >= 15 is 0 Å². The number of benzene rings is 2. The fraction of sp³-hybridized carbons (Fsp3) is 0.286. The summed E-state index contributed by atoms with van der Waals surface area (Å²) < 4.78 is 5.50. The first-order valence-corrected chi connectivity index (χ1v) is 9.87. The summed E-state index contributed by atoms with van der Waals surface area (Å²) in [6, 6.07) is 11.0. The van der Waals surface area contributed by atoms with Crippen molar-refractivity contribution < 1.29 is 19.1 Å². The molecule has 7 heteroatoms. The molecule has 0 bridgehead atoms. The van der Waals surface area contributed by atoms with Crippen molar-refractivity contribution in [2.45, 2.75) is 25.7 Å². The molecule has 2 aliphatic rings. The fourth-order valence-electron chi connectivity index (χ4n) is 3.94. The second kappa shape index (κ2) is 7.57. The molecule has 0 N–H and O–H groups in total. The van der Waals surface area contributed by atoms with Gasteiger partial charge in [0.1, 0.15) is 0 Å². The smallest absolute Gasteiger partial charge is 0.345 e. The van der Waals surface area contributed by atoms with E-state index in [1.54, 1.807) is 24.3 Å². The number of esters is 1. The maximum atomic E-state index is 12.9. The number of imide groups is 1. The van der Waals surface area contributed by atoms with Gasteiger partial charge < -0.3 is 4.74 Å². The van der Waals surface area contributed by atoms with Crippen LogP contribution in [0.25, 0.3) is 0 Å². The van der Waals surface area contributed by atoms with E-state index in [4.69, 9.17) is 27.9 Å². The Bertz CT molecular complexity index is 951. The van der Waals surface area contributed by atoms with E-state index in [0.717, 1.165) is 12.8 Å². The summed E-state index contributed by atoms with van der Waals surface area (Å²) in [5, 5.41) is 0.562. The van der Waals surface area contributed by atoms with E-state index in [1.165, 1.54) is 23.1 Å². The molecule has 28 heavy (non-hydrogen) atoms. The number of para-hydroxylation sites is 2. The van der Waals surface area contributed by atoms with Gasteiger partial charge in [0.15, 0.2) is 5.75 Å². The van der Waals surface area contributed by atoms with Gasteiger partial charge in [-0.15, -0.1) is 0 Å². The van der Waals surface area contributed by atoms with Crippen molar-refractivity contribution in [3.8, 4) is 5.75 Å². The Morgan fingerprint density at radius 3 is 2.25 bits per heavy atom. The second-order valence-electron chi connectivity index (χ2n) is 6.99. The van der Waals surface area contributed by atoms with Crippen LogP contribution in [-0.4, -0.2) is 17.8 Å². The molecule has 1 saturated heterocycles. The summed E-state index contributed by atoms with van der Waals surface area (Å²) in [4.78, 5) is 39.5. The van der Waals surface area contributed by atoms with Gasteiger partial charge >= 0.3 is 5.97 Å². The highest BCUT2D eigenvalue weighted by atomic mass is 35.5. The van der Waals surface area contributed by atoms with E-state index in [-0.39, 0.29) is 45.7 Å². The highest BCUT2D eigenvalue weighted by Crippen LogP contribution is 2.42. The molecule has 1 aliphatic carbocycles. The van der Waals surface area contributed by atoms with Gasteiger partial charge in [-0.25, -0.2) is 9.69 Å². The molecule has 2 aromatic rings. The van der Waals surface area contributed by atoms with Gasteiger partial charge in [0.05, 0.1) is 28.1 Å². The zero-order chi connectivity index (χ0) is 19.8. The molecule has 2 amide bonds. The molecule has 1 saturated carbocycles. The summed E-state index contributed by atoms with van der Waals surface area (Å²) in [5.41, 5.74) is 0.430. The molecule has 0 aromatic heterocycles. The van der Waals surface area contributed by atoms with Crippen molar-refractivity contribution in [3.05, 3.63) is 58.1 Å². The molecule has 0 spiro atoms. The minimum absolute atomic E-state index is 0.138. The third-order valence-electron chi connectivity index (χ3n) is 5.30. The lowest BCUT2D eigenvalue weighted by atomic mass is 9.81. The highest BCUT2D eigenvalue weighted by Gasteiger charge is 2.49. The van der Waals surface area contributed by atoms with Crippen LogP contribution in [0, 0.1) is 11.8 Å². The standard InChI is InChI=1S/C21H17Cl2NO4/c22-12-9-10-15(16(23)11-12)21(27)28-18-8-4-3-7-17(18)24-19(25)13-5-1-2-6-14(13)20(24)26/h3-4,7-11,13-14H,1-2,5-6H2. The molecule has 0 radical (unpaired) electrons. The van der Waals surface area contributed by atoms with Crippen molar-refractivity contribution in [2.75, 3.05) is 4.90 Å². The lowest BCUT2D eigenvalue weighted by Crippen LogP contribution is -2.31. The molecule has 5 nitrogen and oxygen atoms in total. The average molecular weight is 418 g/mol. The molecular weight excluding hydrogens is 401 g/mol. The Hall–Kier alpha value is -2.37. The van der Waals surface area contributed by atoms with Gasteiger partial charge in [0.25, 0.3) is 0 Å². The van der Waals surface area contributed by atoms with Crippen molar-refractivity contribution in [3.63, 3.8) is 0 Å². The third kappa shape index (κ3) is 3.29. The number of hydrogen-bond donors (Lipinski definition) is 0. The number of amides is 2. The van der Waals surface area contributed by atoms with Crippen LogP contribution in [0.4, 0.5) is 5.69 Å². The minimum Gasteiger partial charge on any atom is -0.421 e. The molecule has 2 aromatic carbocycles. The normalized spacial score (nSPS) is 21.6. The zero-order valence-electron chi connectivity index (χ0n) is 14.9. The van der Waals surface area contributed by atoms with Gasteiger partial charge in [-0.1, -0.05) is 48.2 Å². The van der Waals surface area contributed by atoms with E-state index in [1.807, 2.05) is 0 Å². The van der Waals surface area contributed by atoms with Crippen LogP contribution in [0.5, 0.6) is 5.75 Å².